The van der Waals surface area contributed by atoms with E-state index in [4.69, 9.17) is 9.84 Å². The van der Waals surface area contributed by atoms with Crippen LogP contribution in [-0.2, 0) is 16.1 Å². The lowest BCUT2D eigenvalue weighted by Gasteiger charge is -2.09. The quantitative estimate of drug-likeness (QED) is 0.798. The van der Waals surface area contributed by atoms with Crippen molar-refractivity contribution in [3.63, 3.8) is 0 Å². The molecule has 2 rings (SSSR count). The molecule has 1 aromatic heterocycles. The van der Waals surface area contributed by atoms with Gasteiger partial charge in [0.25, 0.3) is 0 Å². The number of nitrogens with one attached hydrogen (secondary N) is 1. The molecule has 0 bridgehead atoms. The minimum Gasteiger partial charge on any atom is -0.384 e. The molecule has 0 aromatic carbocycles. The van der Waals surface area contributed by atoms with Crippen LogP contribution in [0.15, 0.2) is 11.4 Å². The van der Waals surface area contributed by atoms with Gasteiger partial charge in [-0.25, -0.2) is 0 Å². The van der Waals surface area contributed by atoms with Gasteiger partial charge in [-0.15, -0.1) is 11.3 Å². The molecule has 1 fully saturated rings. The van der Waals surface area contributed by atoms with Crippen LogP contribution in [0.2, 0.25) is 0 Å². The van der Waals surface area contributed by atoms with Crippen molar-refractivity contribution >= 4 is 17.2 Å². The molecule has 1 aliphatic rings. The van der Waals surface area contributed by atoms with E-state index < -0.39 is 0 Å². The fraction of sp³-hybridized carbons (Fsp3) is 0.462. The van der Waals surface area contributed by atoms with Crippen LogP contribution in [0.25, 0.3) is 0 Å². The van der Waals surface area contributed by atoms with Gasteiger partial charge in [0.15, 0.2) is 0 Å². The van der Waals surface area contributed by atoms with E-state index in [-0.39, 0.29) is 18.6 Å². The van der Waals surface area contributed by atoms with Crippen molar-refractivity contribution in [1.29, 1.82) is 0 Å². The minimum absolute atomic E-state index is 0.0537. The van der Waals surface area contributed by atoms with Gasteiger partial charge in [0, 0.05) is 17.0 Å². The molecule has 1 atom stereocenters. The van der Waals surface area contributed by atoms with Gasteiger partial charge in [-0.2, -0.15) is 0 Å². The third-order valence-electron chi connectivity index (χ3n) is 2.69. The molecule has 1 saturated heterocycles. The van der Waals surface area contributed by atoms with Gasteiger partial charge in [0.05, 0.1) is 6.54 Å². The standard InChI is InChI=1S/C13H15NO3S/c15-6-1-3-10-5-8-18-12(10)9-14-13(16)11-4-2-7-17-11/h5,8,11,15H,2,4,6-7,9H2,(H,14,16). The van der Waals surface area contributed by atoms with Crippen LogP contribution in [0.5, 0.6) is 0 Å². The Balaban J connectivity index is 1.89. The van der Waals surface area contributed by atoms with E-state index >= 15 is 0 Å². The molecule has 0 radical (unpaired) electrons. The summed E-state index contributed by atoms with van der Waals surface area (Å²) in [6.07, 6.45) is 1.45. The minimum atomic E-state index is -0.295. The number of hydrogen-bond acceptors (Lipinski definition) is 4. The highest BCUT2D eigenvalue weighted by atomic mass is 32.1. The Bertz CT molecular complexity index is 466. The maximum Gasteiger partial charge on any atom is 0.249 e. The number of carbonyl (C=O) groups is 1. The summed E-state index contributed by atoms with van der Waals surface area (Å²) in [4.78, 5) is 12.8. The second-order valence-electron chi connectivity index (χ2n) is 3.94. The summed E-state index contributed by atoms with van der Waals surface area (Å²) < 4.78 is 5.31. The Labute approximate surface area is 110 Å². The van der Waals surface area contributed by atoms with Crippen LogP contribution in [0, 0.1) is 11.8 Å². The van der Waals surface area contributed by atoms with Crippen molar-refractivity contribution in [3.05, 3.63) is 21.9 Å². The SMILES string of the molecule is O=C(NCc1sccc1C#CCO)C1CCCO1. The molecule has 0 saturated carbocycles. The Morgan fingerprint density at radius 1 is 1.67 bits per heavy atom. The molecule has 0 spiro atoms. The van der Waals surface area contributed by atoms with Crippen LogP contribution in [0.1, 0.15) is 23.3 Å². The molecule has 5 heteroatoms. The maximum atomic E-state index is 11.8. The molecule has 4 nitrogen and oxygen atoms in total. The lowest BCUT2D eigenvalue weighted by Crippen LogP contribution is -2.33. The summed E-state index contributed by atoms with van der Waals surface area (Å²) >= 11 is 1.54. The number of amides is 1. The monoisotopic (exact) mass is 265 g/mol. The predicted octanol–water partition coefficient (Wildman–Crippen LogP) is 0.887. The molecule has 1 amide bonds. The van der Waals surface area contributed by atoms with E-state index in [1.807, 2.05) is 11.4 Å². The zero-order chi connectivity index (χ0) is 12.8. The van der Waals surface area contributed by atoms with E-state index in [2.05, 4.69) is 17.2 Å². The van der Waals surface area contributed by atoms with Gasteiger partial charge in [0.2, 0.25) is 5.91 Å². The smallest absolute Gasteiger partial charge is 0.249 e. The Kier molecular flexibility index (Phi) is 4.76. The summed E-state index contributed by atoms with van der Waals surface area (Å²) in [6.45, 7) is 0.980. The largest absolute Gasteiger partial charge is 0.384 e. The lowest BCUT2D eigenvalue weighted by atomic mass is 10.2. The van der Waals surface area contributed by atoms with Gasteiger partial charge in [-0.1, -0.05) is 11.8 Å². The number of rotatable bonds is 3. The Morgan fingerprint density at radius 3 is 3.28 bits per heavy atom. The molecule has 1 unspecified atom stereocenters. The number of ether oxygens (including phenoxy) is 1. The molecule has 0 aliphatic carbocycles. The van der Waals surface area contributed by atoms with Gasteiger partial charge < -0.3 is 15.2 Å². The van der Waals surface area contributed by atoms with Crippen LogP contribution in [0.3, 0.4) is 0 Å². The molecule has 96 valence electrons. The van der Waals surface area contributed by atoms with Crippen LogP contribution < -0.4 is 5.32 Å². The number of hydrogen-bond donors (Lipinski definition) is 2. The first kappa shape index (κ1) is 13.1. The van der Waals surface area contributed by atoms with E-state index in [0.29, 0.717) is 13.2 Å². The first-order valence-electron chi connectivity index (χ1n) is 5.86. The van der Waals surface area contributed by atoms with Crippen molar-refractivity contribution < 1.29 is 14.6 Å². The summed E-state index contributed by atoms with van der Waals surface area (Å²) in [5.41, 5.74) is 0.863. The van der Waals surface area contributed by atoms with Crippen molar-refractivity contribution in [2.45, 2.75) is 25.5 Å². The highest BCUT2D eigenvalue weighted by Crippen LogP contribution is 2.16. The first-order chi connectivity index (χ1) is 8.81. The van der Waals surface area contributed by atoms with E-state index in [1.165, 1.54) is 0 Å². The van der Waals surface area contributed by atoms with Crippen molar-refractivity contribution in [3.8, 4) is 11.8 Å². The second-order valence-corrected chi connectivity index (χ2v) is 4.94. The third-order valence-corrected chi connectivity index (χ3v) is 3.61. The second kappa shape index (κ2) is 6.55. The summed E-state index contributed by atoms with van der Waals surface area (Å²) in [6, 6.07) is 1.89. The highest BCUT2D eigenvalue weighted by molar-refractivity contribution is 7.10. The van der Waals surface area contributed by atoms with Crippen molar-refractivity contribution in [1.82, 2.24) is 5.32 Å². The predicted molar refractivity (Wildman–Crippen MR) is 69.1 cm³/mol. The van der Waals surface area contributed by atoms with Gasteiger partial charge in [-0.3, -0.25) is 4.79 Å². The zero-order valence-electron chi connectivity index (χ0n) is 9.94. The number of thiophene rings is 1. The maximum absolute atomic E-state index is 11.8. The molecular formula is C13H15NO3S. The van der Waals surface area contributed by atoms with Gasteiger partial charge >= 0.3 is 0 Å². The number of aliphatic hydroxyl groups excluding tert-OH is 1. The molecule has 18 heavy (non-hydrogen) atoms. The lowest BCUT2D eigenvalue weighted by molar-refractivity contribution is -0.130. The van der Waals surface area contributed by atoms with Crippen LogP contribution in [0.4, 0.5) is 0 Å². The topological polar surface area (TPSA) is 58.6 Å². The number of carbonyl (C=O) groups excluding carboxylic acids is 1. The van der Waals surface area contributed by atoms with E-state index in [9.17, 15) is 4.79 Å². The summed E-state index contributed by atoms with van der Waals surface area (Å²) in [7, 11) is 0. The molecular weight excluding hydrogens is 250 g/mol. The summed E-state index contributed by atoms with van der Waals surface area (Å²) in [5.74, 6) is 5.42. The average Bonchev–Trinajstić information content (AvgIpc) is 3.04. The summed E-state index contributed by atoms with van der Waals surface area (Å²) in [5, 5.41) is 13.4. The van der Waals surface area contributed by atoms with E-state index in [1.54, 1.807) is 11.3 Å². The molecule has 1 aliphatic heterocycles. The van der Waals surface area contributed by atoms with Crippen molar-refractivity contribution in [2.24, 2.45) is 0 Å². The third kappa shape index (κ3) is 3.33. The van der Waals surface area contributed by atoms with Crippen LogP contribution >= 0.6 is 11.3 Å². The van der Waals surface area contributed by atoms with Crippen molar-refractivity contribution in [2.75, 3.05) is 13.2 Å². The Morgan fingerprint density at radius 2 is 2.56 bits per heavy atom. The fourth-order valence-corrected chi connectivity index (χ4v) is 2.56. The van der Waals surface area contributed by atoms with Crippen LogP contribution in [-0.4, -0.2) is 30.3 Å². The van der Waals surface area contributed by atoms with E-state index in [0.717, 1.165) is 23.3 Å². The molecule has 2 heterocycles. The fourth-order valence-electron chi connectivity index (χ4n) is 1.79. The van der Waals surface area contributed by atoms with Gasteiger partial charge in [0.1, 0.15) is 12.7 Å². The molecule has 2 N–H and O–H groups in total. The highest BCUT2D eigenvalue weighted by Gasteiger charge is 2.23. The number of aliphatic hydroxyl groups is 1. The molecule has 1 aromatic rings. The first-order valence-corrected chi connectivity index (χ1v) is 6.74. The normalized spacial score (nSPS) is 18.2. The zero-order valence-corrected chi connectivity index (χ0v) is 10.8. The van der Waals surface area contributed by atoms with Gasteiger partial charge in [-0.05, 0) is 24.3 Å². The Hall–Kier alpha value is -1.35. The average molecular weight is 265 g/mol.